The number of ether oxygens (including phenoxy) is 1. The molecule has 0 saturated carbocycles. The Kier molecular flexibility index (Phi) is 6.50. The number of hydrogen-bond acceptors (Lipinski definition) is 8. The summed E-state index contributed by atoms with van der Waals surface area (Å²) < 4.78 is 32.4. The van der Waals surface area contributed by atoms with E-state index in [-0.39, 0.29) is 30.3 Å². The maximum atomic E-state index is 12.5. The molecule has 0 aliphatic carbocycles. The Morgan fingerprint density at radius 3 is 2.67 bits per heavy atom. The number of piperidine rings is 1. The van der Waals surface area contributed by atoms with E-state index < -0.39 is 32.9 Å². The first-order chi connectivity index (χ1) is 14.3. The molecule has 1 fully saturated rings. The van der Waals surface area contributed by atoms with Crippen molar-refractivity contribution < 1.29 is 22.9 Å². The number of rotatable bonds is 7. The highest BCUT2D eigenvalue weighted by molar-refractivity contribution is 7.92. The topological polar surface area (TPSA) is 132 Å². The second kappa shape index (κ2) is 9.08. The lowest BCUT2D eigenvalue weighted by atomic mass is 9.92. The van der Waals surface area contributed by atoms with Gasteiger partial charge in [0.05, 0.1) is 18.0 Å². The molecule has 2 heterocycles. The van der Waals surface area contributed by atoms with Gasteiger partial charge in [0.2, 0.25) is 6.04 Å². The van der Waals surface area contributed by atoms with Crippen molar-refractivity contribution in [3.63, 3.8) is 0 Å². The average molecular weight is 434 g/mol. The van der Waals surface area contributed by atoms with Crippen molar-refractivity contribution in [2.75, 3.05) is 29.3 Å². The first kappa shape index (κ1) is 21.5. The summed E-state index contributed by atoms with van der Waals surface area (Å²) in [7, 11) is -3.81. The molecule has 1 aliphatic rings. The number of anilines is 2. The summed E-state index contributed by atoms with van der Waals surface area (Å²) in [5.41, 5.74) is 0. The van der Waals surface area contributed by atoms with Crippen LogP contribution < -0.4 is 9.62 Å². The number of sulfonamides is 1. The van der Waals surface area contributed by atoms with Crippen LogP contribution >= 0.6 is 0 Å². The Labute approximate surface area is 174 Å². The van der Waals surface area contributed by atoms with Gasteiger partial charge in [0.15, 0.2) is 0 Å². The van der Waals surface area contributed by atoms with Gasteiger partial charge in [0.1, 0.15) is 17.6 Å². The molecule has 0 bridgehead atoms. The van der Waals surface area contributed by atoms with Crippen molar-refractivity contribution in [1.29, 1.82) is 0 Å². The van der Waals surface area contributed by atoms with Crippen molar-refractivity contribution in [2.45, 2.75) is 24.3 Å². The van der Waals surface area contributed by atoms with Crippen molar-refractivity contribution in [1.82, 2.24) is 4.98 Å². The zero-order valence-corrected chi connectivity index (χ0v) is 17.1. The number of nitro groups is 1. The summed E-state index contributed by atoms with van der Waals surface area (Å²) >= 11 is 0. The number of hydrogen-bond donors (Lipinski definition) is 1. The number of aromatic nitrogens is 1. The number of esters is 1. The van der Waals surface area contributed by atoms with Crippen LogP contribution in [-0.4, -0.2) is 50.0 Å². The third kappa shape index (κ3) is 4.85. The van der Waals surface area contributed by atoms with E-state index >= 15 is 0 Å². The van der Waals surface area contributed by atoms with Crippen LogP contribution in [-0.2, 0) is 19.6 Å². The number of benzene rings is 1. The van der Waals surface area contributed by atoms with Gasteiger partial charge in [-0.3, -0.25) is 19.6 Å². The molecule has 2 unspecified atom stereocenters. The number of carbonyl (C=O) groups is 1. The molecular formula is C19H22N4O6S. The third-order valence-corrected chi connectivity index (χ3v) is 6.16. The second-order valence-corrected chi connectivity index (χ2v) is 8.43. The molecule has 2 atom stereocenters. The normalized spacial score (nSPS) is 19.2. The standard InChI is InChI=1S/C19H22N4O6S/c1-2-29-19(24)15-11-12-22(13-16(15)23(25)26)18-10-6-9-17(20-18)21-30(27,28)14-7-4-3-5-8-14/h3-10,15-16H,2,11-13H2,1H3,(H,20,21). The third-order valence-electron chi connectivity index (χ3n) is 4.79. The minimum absolute atomic E-state index is 0.0294. The molecule has 10 nitrogen and oxygen atoms in total. The molecule has 30 heavy (non-hydrogen) atoms. The summed E-state index contributed by atoms with van der Waals surface area (Å²) in [5, 5.41) is 11.5. The molecule has 0 amide bonds. The maximum absolute atomic E-state index is 12.5. The van der Waals surface area contributed by atoms with Crippen molar-refractivity contribution in [3.05, 3.63) is 58.6 Å². The molecule has 160 valence electrons. The van der Waals surface area contributed by atoms with Crippen LogP contribution in [0.4, 0.5) is 11.6 Å². The Balaban J connectivity index is 1.77. The molecule has 1 aromatic carbocycles. The summed E-state index contributed by atoms with van der Waals surface area (Å²) in [6.07, 6.45) is 0.242. The van der Waals surface area contributed by atoms with Gasteiger partial charge in [0.25, 0.3) is 10.0 Å². The predicted octanol–water partition coefficient (Wildman–Crippen LogP) is 1.92. The zero-order chi connectivity index (χ0) is 21.7. The van der Waals surface area contributed by atoms with E-state index in [1.165, 1.54) is 18.2 Å². The molecule has 1 aliphatic heterocycles. The first-order valence-corrected chi connectivity index (χ1v) is 10.9. The fraction of sp³-hybridized carbons (Fsp3) is 0.368. The fourth-order valence-corrected chi connectivity index (χ4v) is 4.35. The van der Waals surface area contributed by atoms with E-state index in [0.29, 0.717) is 12.4 Å². The minimum atomic E-state index is -3.81. The predicted molar refractivity (Wildman–Crippen MR) is 109 cm³/mol. The molecule has 0 spiro atoms. The van der Waals surface area contributed by atoms with Crippen LogP contribution in [0.1, 0.15) is 13.3 Å². The highest BCUT2D eigenvalue weighted by atomic mass is 32.2. The summed E-state index contributed by atoms with van der Waals surface area (Å²) in [5.74, 6) is -0.911. The summed E-state index contributed by atoms with van der Waals surface area (Å²) in [6, 6.07) is 11.5. The number of carbonyl (C=O) groups excluding carboxylic acids is 1. The monoisotopic (exact) mass is 434 g/mol. The largest absolute Gasteiger partial charge is 0.466 e. The molecular weight excluding hydrogens is 412 g/mol. The van der Waals surface area contributed by atoms with Crippen LogP contribution in [0.15, 0.2) is 53.4 Å². The van der Waals surface area contributed by atoms with Gasteiger partial charge in [0, 0.05) is 11.5 Å². The van der Waals surface area contributed by atoms with Gasteiger partial charge in [-0.1, -0.05) is 24.3 Å². The zero-order valence-electron chi connectivity index (χ0n) is 16.3. The highest BCUT2D eigenvalue weighted by Crippen LogP contribution is 2.26. The van der Waals surface area contributed by atoms with Crippen LogP contribution in [0.2, 0.25) is 0 Å². The molecule has 0 radical (unpaired) electrons. The van der Waals surface area contributed by atoms with Crippen LogP contribution in [0.3, 0.4) is 0 Å². The smallest absolute Gasteiger partial charge is 0.316 e. The molecule has 3 rings (SSSR count). The van der Waals surface area contributed by atoms with E-state index in [1.54, 1.807) is 42.2 Å². The van der Waals surface area contributed by atoms with Gasteiger partial charge in [-0.2, -0.15) is 0 Å². The number of nitrogens with one attached hydrogen (secondary N) is 1. The lowest BCUT2D eigenvalue weighted by Crippen LogP contribution is -2.51. The van der Waals surface area contributed by atoms with Gasteiger partial charge in [-0.15, -0.1) is 0 Å². The van der Waals surface area contributed by atoms with E-state index in [1.807, 2.05) is 0 Å². The van der Waals surface area contributed by atoms with Gasteiger partial charge >= 0.3 is 5.97 Å². The van der Waals surface area contributed by atoms with Crippen LogP contribution in [0, 0.1) is 16.0 Å². The summed E-state index contributed by atoms with van der Waals surface area (Å²) in [4.78, 5) is 29.2. The van der Waals surface area contributed by atoms with E-state index in [4.69, 9.17) is 4.74 Å². The Morgan fingerprint density at radius 2 is 2.00 bits per heavy atom. The van der Waals surface area contributed by atoms with Crippen molar-refractivity contribution in [3.8, 4) is 0 Å². The SMILES string of the molecule is CCOC(=O)C1CCN(c2cccc(NS(=O)(=O)c3ccccc3)n2)CC1[N+](=O)[O-]. The van der Waals surface area contributed by atoms with E-state index in [0.717, 1.165) is 0 Å². The van der Waals surface area contributed by atoms with Crippen LogP contribution in [0.5, 0.6) is 0 Å². The molecule has 11 heteroatoms. The molecule has 1 saturated heterocycles. The molecule has 1 N–H and O–H groups in total. The average Bonchev–Trinajstić information content (AvgIpc) is 2.74. The van der Waals surface area contributed by atoms with Crippen LogP contribution in [0.25, 0.3) is 0 Å². The number of pyridine rings is 1. The molecule has 2 aromatic rings. The van der Waals surface area contributed by atoms with Gasteiger partial charge in [-0.25, -0.2) is 13.4 Å². The van der Waals surface area contributed by atoms with Crippen molar-refractivity contribution >= 4 is 27.6 Å². The highest BCUT2D eigenvalue weighted by Gasteiger charge is 2.43. The quantitative estimate of drug-likeness (QED) is 0.397. The Morgan fingerprint density at radius 1 is 1.27 bits per heavy atom. The van der Waals surface area contributed by atoms with Gasteiger partial charge < -0.3 is 9.64 Å². The lowest BCUT2D eigenvalue weighted by Gasteiger charge is -2.33. The Bertz CT molecular complexity index is 1010. The minimum Gasteiger partial charge on any atom is -0.466 e. The number of nitrogens with zero attached hydrogens (tertiary/aromatic N) is 3. The summed E-state index contributed by atoms with van der Waals surface area (Å²) in [6.45, 7) is 2.14. The maximum Gasteiger partial charge on any atom is 0.316 e. The Hall–Kier alpha value is -3.21. The fourth-order valence-electron chi connectivity index (χ4n) is 3.33. The van der Waals surface area contributed by atoms with E-state index in [9.17, 15) is 23.3 Å². The first-order valence-electron chi connectivity index (χ1n) is 9.42. The van der Waals surface area contributed by atoms with Gasteiger partial charge in [-0.05, 0) is 37.6 Å². The second-order valence-electron chi connectivity index (χ2n) is 6.75. The lowest BCUT2D eigenvalue weighted by molar-refractivity contribution is -0.528. The van der Waals surface area contributed by atoms with Crippen molar-refractivity contribution in [2.24, 2.45) is 5.92 Å². The van der Waals surface area contributed by atoms with E-state index in [2.05, 4.69) is 9.71 Å². The molecule has 1 aromatic heterocycles.